The van der Waals surface area contributed by atoms with Crippen LogP contribution in [0.15, 0.2) is 6.20 Å². The average molecular weight is 444 g/mol. The molecule has 0 aromatic carbocycles. The van der Waals surface area contributed by atoms with Crippen molar-refractivity contribution in [3.8, 4) is 0 Å². The summed E-state index contributed by atoms with van der Waals surface area (Å²) in [6.45, 7) is 0.512. The predicted molar refractivity (Wildman–Crippen MR) is 95.2 cm³/mol. The van der Waals surface area contributed by atoms with Crippen LogP contribution in [0.4, 0.5) is 23.5 Å². The Kier molecular flexibility index (Phi) is 5.49. The van der Waals surface area contributed by atoms with E-state index >= 15 is 0 Å². The summed E-state index contributed by atoms with van der Waals surface area (Å²) in [5.41, 5.74) is 5.25. The summed E-state index contributed by atoms with van der Waals surface area (Å²) in [7, 11) is -3.17. The first-order valence-electron chi connectivity index (χ1n) is 8.37. The molecule has 28 heavy (non-hydrogen) atoms. The van der Waals surface area contributed by atoms with E-state index in [1.165, 1.54) is 4.31 Å². The van der Waals surface area contributed by atoms with E-state index in [1.807, 2.05) is 0 Å². The van der Waals surface area contributed by atoms with E-state index in [4.69, 9.17) is 17.3 Å². The van der Waals surface area contributed by atoms with Crippen molar-refractivity contribution in [3.05, 3.63) is 22.7 Å². The molecule has 4 rings (SSSR count). The molecule has 156 valence electrons. The number of alkyl halides is 3. The van der Waals surface area contributed by atoms with Crippen LogP contribution in [0.3, 0.4) is 0 Å². The highest BCUT2D eigenvalue weighted by molar-refractivity contribution is 7.88. The molecule has 0 amide bonds. The van der Waals surface area contributed by atoms with Gasteiger partial charge in [-0.3, -0.25) is 0 Å². The molecule has 1 aliphatic carbocycles. The van der Waals surface area contributed by atoms with Gasteiger partial charge in [0.15, 0.2) is 5.82 Å². The van der Waals surface area contributed by atoms with Gasteiger partial charge in [0.25, 0.3) is 5.92 Å². The molecule has 1 saturated carbocycles. The number of hydrogen-bond acceptors (Lipinski definition) is 5. The third-order valence-corrected chi connectivity index (χ3v) is 6.20. The number of nitrogen functional groups attached to an aromatic ring is 1. The number of sulfonamides is 1. The second-order valence-corrected chi connectivity index (χ2v) is 9.17. The van der Waals surface area contributed by atoms with Crippen LogP contribution >= 0.6 is 11.6 Å². The van der Waals surface area contributed by atoms with Crippen LogP contribution in [0.2, 0.25) is 5.02 Å². The normalized spacial score (nSPS) is 24.6. The second kappa shape index (κ2) is 7.30. The van der Waals surface area contributed by atoms with Gasteiger partial charge in [0.1, 0.15) is 16.7 Å². The van der Waals surface area contributed by atoms with Crippen LogP contribution < -0.4 is 5.73 Å². The fourth-order valence-electron chi connectivity index (χ4n) is 3.02. The largest absolute Gasteiger partial charge is 0.367 e. The molecule has 2 aliphatic rings. The van der Waals surface area contributed by atoms with E-state index < -0.39 is 33.9 Å². The second-order valence-electron chi connectivity index (χ2n) is 6.80. The van der Waals surface area contributed by atoms with Crippen LogP contribution in [0.1, 0.15) is 30.9 Å². The number of nitrogens with two attached hydrogens (primary N) is 1. The van der Waals surface area contributed by atoms with Gasteiger partial charge in [0, 0.05) is 19.5 Å². The monoisotopic (exact) mass is 443 g/mol. The third kappa shape index (κ3) is 4.18. The smallest absolute Gasteiger partial charge is 0.257 e. The molecule has 2 N–H and O–H groups in total. The lowest BCUT2D eigenvalue weighted by atomic mass is 10.1. The molecule has 2 fully saturated rings. The van der Waals surface area contributed by atoms with Gasteiger partial charge in [-0.05, 0) is 12.8 Å². The topological polar surface area (TPSA) is 93.6 Å². The average Bonchev–Trinajstić information content (AvgIpc) is 3.14. The maximum Gasteiger partial charge on any atom is 0.257 e. The van der Waals surface area contributed by atoms with Crippen molar-refractivity contribution < 1.29 is 26.0 Å². The zero-order valence-electron chi connectivity index (χ0n) is 14.7. The van der Waals surface area contributed by atoms with Crippen molar-refractivity contribution in [1.29, 1.82) is 0 Å². The summed E-state index contributed by atoms with van der Waals surface area (Å²) < 4.78 is 76.4. The van der Waals surface area contributed by atoms with Crippen LogP contribution in [0.5, 0.6) is 0 Å². The number of nitrogens with zero attached hydrogens (tertiary/aromatic N) is 4. The summed E-state index contributed by atoms with van der Waals surface area (Å²) in [6, 6.07) is 0. The lowest BCUT2D eigenvalue weighted by Gasteiger charge is -2.26. The van der Waals surface area contributed by atoms with Crippen molar-refractivity contribution in [2.45, 2.75) is 37.3 Å². The molecular formula is C15H18ClF4N5O2S. The zero-order valence-corrected chi connectivity index (χ0v) is 16.3. The van der Waals surface area contributed by atoms with Crippen molar-refractivity contribution in [2.75, 3.05) is 25.1 Å². The number of fused-ring (bicyclic) bond motifs is 1. The number of halogens is 5. The van der Waals surface area contributed by atoms with Gasteiger partial charge in [-0.1, -0.05) is 11.6 Å². The first-order valence-corrected chi connectivity index (χ1v) is 10.6. The van der Waals surface area contributed by atoms with E-state index in [-0.39, 0.29) is 35.1 Å². The van der Waals surface area contributed by atoms with Crippen molar-refractivity contribution in [1.82, 2.24) is 18.9 Å². The Labute approximate surface area is 163 Å². The molecule has 2 atom stereocenters. The standard InChI is InChI=1S/C9H6ClF3N4.C6H12FNO2S/c10-5-6(11)4-2-15-8(14)16-17(4)7(5)3-1-9(3,12)13;1-11(9,10)8-4-2-3-6(7)5-8/h2-3H,1H2,(H2,14,16);6H,2-5H2,1H3. The lowest BCUT2D eigenvalue weighted by molar-refractivity contribution is 0.111. The third-order valence-electron chi connectivity index (χ3n) is 4.57. The Morgan fingerprint density at radius 1 is 1.39 bits per heavy atom. The van der Waals surface area contributed by atoms with Crippen molar-refractivity contribution in [3.63, 3.8) is 0 Å². The molecule has 0 bridgehead atoms. The minimum atomic E-state index is -3.17. The molecule has 2 aromatic rings. The van der Waals surface area contributed by atoms with Crippen LogP contribution in [-0.2, 0) is 10.0 Å². The first kappa shape index (κ1) is 21.1. The molecule has 3 heterocycles. The zero-order chi connectivity index (χ0) is 20.9. The highest BCUT2D eigenvalue weighted by atomic mass is 35.5. The van der Waals surface area contributed by atoms with Crippen LogP contribution in [-0.4, -0.2) is 58.8 Å². The molecular weight excluding hydrogens is 426 g/mol. The lowest BCUT2D eigenvalue weighted by Crippen LogP contribution is -2.39. The van der Waals surface area contributed by atoms with E-state index in [0.29, 0.717) is 19.4 Å². The molecule has 2 unspecified atom stereocenters. The van der Waals surface area contributed by atoms with E-state index in [9.17, 15) is 26.0 Å². The van der Waals surface area contributed by atoms with Gasteiger partial charge in [0.05, 0.1) is 24.1 Å². The SMILES string of the molecule is CS(=O)(=O)N1CCCC(F)C1.Nc1ncc2c(F)c(Cl)c(C3CC3(F)F)n2n1. The summed E-state index contributed by atoms with van der Waals surface area (Å²) in [5, 5.41) is 3.37. The maximum absolute atomic E-state index is 13.7. The number of aromatic nitrogens is 3. The quantitative estimate of drug-likeness (QED) is 0.720. The Morgan fingerprint density at radius 2 is 2.04 bits per heavy atom. The fourth-order valence-corrected chi connectivity index (χ4v) is 4.22. The summed E-state index contributed by atoms with van der Waals surface area (Å²) in [6.07, 6.45) is 2.03. The molecule has 0 radical (unpaired) electrons. The van der Waals surface area contributed by atoms with Gasteiger partial charge in [-0.15, -0.1) is 5.10 Å². The summed E-state index contributed by atoms with van der Waals surface area (Å²) >= 11 is 5.71. The van der Waals surface area contributed by atoms with E-state index in [0.717, 1.165) is 17.0 Å². The number of hydrogen-bond donors (Lipinski definition) is 1. The summed E-state index contributed by atoms with van der Waals surface area (Å²) in [4.78, 5) is 3.60. The van der Waals surface area contributed by atoms with Crippen molar-refractivity contribution >= 4 is 33.1 Å². The Balaban J connectivity index is 0.000000178. The van der Waals surface area contributed by atoms with Gasteiger partial charge >= 0.3 is 0 Å². The van der Waals surface area contributed by atoms with Gasteiger partial charge in [-0.25, -0.2) is 35.5 Å². The van der Waals surface area contributed by atoms with Gasteiger partial charge in [0.2, 0.25) is 16.0 Å². The number of rotatable bonds is 2. The number of anilines is 1. The molecule has 1 saturated heterocycles. The van der Waals surface area contributed by atoms with E-state index in [2.05, 4.69) is 10.1 Å². The highest BCUT2D eigenvalue weighted by Gasteiger charge is 2.60. The molecule has 13 heteroatoms. The van der Waals surface area contributed by atoms with Gasteiger partial charge in [-0.2, -0.15) is 4.31 Å². The minimum absolute atomic E-state index is 0.0405. The Morgan fingerprint density at radius 3 is 2.54 bits per heavy atom. The molecule has 1 aliphatic heterocycles. The Hall–Kier alpha value is -1.66. The van der Waals surface area contributed by atoms with E-state index in [1.54, 1.807) is 0 Å². The van der Waals surface area contributed by atoms with Crippen molar-refractivity contribution in [2.24, 2.45) is 0 Å². The number of piperidine rings is 1. The summed E-state index contributed by atoms with van der Waals surface area (Å²) in [5.74, 6) is -4.90. The first-order chi connectivity index (χ1) is 12.9. The minimum Gasteiger partial charge on any atom is -0.367 e. The van der Waals surface area contributed by atoms with Crippen LogP contribution in [0, 0.1) is 5.82 Å². The molecule has 0 spiro atoms. The van der Waals surface area contributed by atoms with Crippen LogP contribution in [0.25, 0.3) is 5.52 Å². The Bertz CT molecular complexity index is 1000. The predicted octanol–water partition coefficient (Wildman–Crippen LogP) is 2.61. The maximum atomic E-state index is 13.7. The van der Waals surface area contributed by atoms with Gasteiger partial charge < -0.3 is 5.73 Å². The molecule has 7 nitrogen and oxygen atoms in total. The highest BCUT2D eigenvalue weighted by Crippen LogP contribution is 2.57. The molecule has 2 aromatic heterocycles. The fraction of sp³-hybridized carbons (Fsp3) is 0.600.